The van der Waals surface area contributed by atoms with Crippen LogP contribution in [0, 0.1) is 0 Å². The highest BCUT2D eigenvalue weighted by molar-refractivity contribution is 5.54. The summed E-state index contributed by atoms with van der Waals surface area (Å²) < 4.78 is 5.30. The molecule has 100 valence electrons. The monoisotopic (exact) mass is 248 g/mol. The van der Waals surface area contributed by atoms with Crippen LogP contribution < -0.4 is 10.5 Å². The predicted molar refractivity (Wildman–Crippen MR) is 76.1 cm³/mol. The Morgan fingerprint density at radius 2 is 2.06 bits per heavy atom. The second kappa shape index (κ2) is 6.10. The zero-order chi connectivity index (χ0) is 13.0. The van der Waals surface area contributed by atoms with Crippen molar-refractivity contribution < 1.29 is 4.74 Å². The van der Waals surface area contributed by atoms with E-state index in [9.17, 15) is 0 Å². The lowest BCUT2D eigenvalue weighted by molar-refractivity contribution is 0.212. The summed E-state index contributed by atoms with van der Waals surface area (Å²) in [5.41, 5.74) is 7.96. The van der Waals surface area contributed by atoms with Crippen LogP contribution in [0.5, 0.6) is 5.75 Å². The minimum absolute atomic E-state index is 0.660. The van der Waals surface area contributed by atoms with Gasteiger partial charge in [0.05, 0.1) is 12.8 Å². The summed E-state index contributed by atoms with van der Waals surface area (Å²) in [6.07, 6.45) is 3.74. The molecule has 0 saturated carbocycles. The minimum Gasteiger partial charge on any atom is -0.495 e. The predicted octanol–water partition coefficient (Wildman–Crippen LogP) is 2.87. The molecular formula is C15H24N2O. The number of nitrogens with two attached hydrogens (primary N) is 1. The molecule has 0 aromatic heterocycles. The zero-order valence-electron chi connectivity index (χ0n) is 11.5. The van der Waals surface area contributed by atoms with Gasteiger partial charge in [-0.2, -0.15) is 0 Å². The van der Waals surface area contributed by atoms with E-state index < -0.39 is 0 Å². The van der Waals surface area contributed by atoms with Crippen molar-refractivity contribution in [2.45, 2.75) is 32.1 Å². The van der Waals surface area contributed by atoms with Gasteiger partial charge in [0.2, 0.25) is 0 Å². The highest BCUT2D eigenvalue weighted by Crippen LogP contribution is 2.32. The van der Waals surface area contributed by atoms with E-state index in [1.165, 1.54) is 44.5 Å². The number of anilines is 1. The second-order valence-electron chi connectivity index (χ2n) is 5.12. The van der Waals surface area contributed by atoms with Crippen molar-refractivity contribution in [2.75, 3.05) is 32.5 Å². The Morgan fingerprint density at radius 3 is 2.67 bits per heavy atom. The van der Waals surface area contributed by atoms with Crippen molar-refractivity contribution >= 4 is 5.69 Å². The molecule has 0 bridgehead atoms. The average molecular weight is 248 g/mol. The van der Waals surface area contributed by atoms with Crippen LogP contribution in [0.3, 0.4) is 0 Å². The molecule has 1 aromatic carbocycles. The Balaban J connectivity index is 2.01. The second-order valence-corrected chi connectivity index (χ2v) is 5.12. The lowest BCUT2D eigenvalue weighted by Crippen LogP contribution is -2.33. The number of nitrogen functional groups attached to an aromatic ring is 1. The maximum absolute atomic E-state index is 5.86. The van der Waals surface area contributed by atoms with E-state index in [4.69, 9.17) is 10.5 Å². The third-order valence-electron chi connectivity index (χ3n) is 3.86. The molecule has 3 heteroatoms. The standard InChI is InChI=1S/C15H24N2O/c1-3-8-17-9-6-12(7-10-17)13-4-5-14(16)15(11-13)18-2/h4-5,11-12H,3,6-10,16H2,1-2H3. The van der Waals surface area contributed by atoms with E-state index in [0.29, 0.717) is 5.92 Å². The van der Waals surface area contributed by atoms with Crippen LogP contribution in [-0.4, -0.2) is 31.6 Å². The van der Waals surface area contributed by atoms with Crippen molar-refractivity contribution in [3.63, 3.8) is 0 Å². The van der Waals surface area contributed by atoms with Crippen molar-refractivity contribution in [3.05, 3.63) is 23.8 Å². The molecule has 1 fully saturated rings. The number of piperidine rings is 1. The molecule has 0 amide bonds. The molecule has 1 aliphatic rings. The third kappa shape index (κ3) is 2.96. The Kier molecular flexibility index (Phi) is 4.48. The van der Waals surface area contributed by atoms with Crippen molar-refractivity contribution in [2.24, 2.45) is 0 Å². The van der Waals surface area contributed by atoms with Crippen molar-refractivity contribution in [3.8, 4) is 5.75 Å². The Labute approximate surface area is 110 Å². The summed E-state index contributed by atoms with van der Waals surface area (Å²) >= 11 is 0. The SMILES string of the molecule is CCCN1CCC(c2ccc(N)c(OC)c2)CC1. The van der Waals surface area contributed by atoms with E-state index in [0.717, 1.165) is 11.4 Å². The fraction of sp³-hybridized carbons (Fsp3) is 0.600. The molecule has 1 aliphatic heterocycles. The van der Waals surface area contributed by atoms with Crippen LogP contribution in [0.15, 0.2) is 18.2 Å². The molecular weight excluding hydrogens is 224 g/mol. The van der Waals surface area contributed by atoms with E-state index in [1.807, 2.05) is 6.07 Å². The molecule has 1 saturated heterocycles. The molecule has 1 heterocycles. The van der Waals surface area contributed by atoms with Gasteiger partial charge in [0.25, 0.3) is 0 Å². The number of nitrogens with zero attached hydrogens (tertiary/aromatic N) is 1. The van der Waals surface area contributed by atoms with Crippen LogP contribution in [0.2, 0.25) is 0 Å². The van der Waals surface area contributed by atoms with Gasteiger partial charge in [-0.25, -0.2) is 0 Å². The first-order chi connectivity index (χ1) is 8.74. The van der Waals surface area contributed by atoms with Crippen LogP contribution in [0.1, 0.15) is 37.7 Å². The van der Waals surface area contributed by atoms with E-state index >= 15 is 0 Å². The number of rotatable bonds is 4. The van der Waals surface area contributed by atoms with Crippen LogP contribution >= 0.6 is 0 Å². The van der Waals surface area contributed by atoms with Gasteiger partial charge in [-0.1, -0.05) is 13.0 Å². The Hall–Kier alpha value is -1.22. The number of benzene rings is 1. The molecule has 0 unspecified atom stereocenters. The number of hydrogen-bond donors (Lipinski definition) is 1. The van der Waals surface area contributed by atoms with Crippen LogP contribution in [0.25, 0.3) is 0 Å². The smallest absolute Gasteiger partial charge is 0.142 e. The van der Waals surface area contributed by atoms with Gasteiger partial charge >= 0.3 is 0 Å². The van der Waals surface area contributed by atoms with Crippen LogP contribution in [-0.2, 0) is 0 Å². The fourth-order valence-electron chi connectivity index (χ4n) is 2.79. The normalized spacial score (nSPS) is 17.9. The van der Waals surface area contributed by atoms with Gasteiger partial charge in [0, 0.05) is 0 Å². The van der Waals surface area contributed by atoms with Gasteiger partial charge in [0.1, 0.15) is 5.75 Å². The zero-order valence-corrected chi connectivity index (χ0v) is 11.5. The van der Waals surface area contributed by atoms with Gasteiger partial charge in [-0.3, -0.25) is 0 Å². The molecule has 0 radical (unpaired) electrons. The highest BCUT2D eigenvalue weighted by Gasteiger charge is 2.20. The minimum atomic E-state index is 0.660. The summed E-state index contributed by atoms with van der Waals surface area (Å²) in [5.74, 6) is 1.47. The van der Waals surface area contributed by atoms with Crippen molar-refractivity contribution in [1.29, 1.82) is 0 Å². The fourth-order valence-corrected chi connectivity index (χ4v) is 2.79. The lowest BCUT2D eigenvalue weighted by atomic mass is 9.89. The number of likely N-dealkylation sites (tertiary alicyclic amines) is 1. The first-order valence-electron chi connectivity index (χ1n) is 6.90. The molecule has 18 heavy (non-hydrogen) atoms. The number of hydrogen-bond acceptors (Lipinski definition) is 3. The summed E-state index contributed by atoms with van der Waals surface area (Å²) in [6.45, 7) is 5.91. The van der Waals surface area contributed by atoms with E-state index in [2.05, 4.69) is 24.0 Å². The first kappa shape index (κ1) is 13.2. The third-order valence-corrected chi connectivity index (χ3v) is 3.86. The maximum Gasteiger partial charge on any atom is 0.142 e. The summed E-state index contributed by atoms with van der Waals surface area (Å²) in [4.78, 5) is 2.56. The quantitative estimate of drug-likeness (QED) is 0.833. The summed E-state index contributed by atoms with van der Waals surface area (Å²) in [7, 11) is 1.68. The van der Waals surface area contributed by atoms with Gasteiger partial charge in [-0.15, -0.1) is 0 Å². The molecule has 3 nitrogen and oxygen atoms in total. The van der Waals surface area contributed by atoms with Gasteiger partial charge in [-0.05, 0) is 62.5 Å². The van der Waals surface area contributed by atoms with E-state index in [-0.39, 0.29) is 0 Å². The largest absolute Gasteiger partial charge is 0.495 e. The van der Waals surface area contributed by atoms with Gasteiger partial charge in [0.15, 0.2) is 0 Å². The van der Waals surface area contributed by atoms with Crippen molar-refractivity contribution in [1.82, 2.24) is 4.90 Å². The Bertz CT molecular complexity index is 384. The van der Waals surface area contributed by atoms with Crippen LogP contribution in [0.4, 0.5) is 5.69 Å². The summed E-state index contributed by atoms with van der Waals surface area (Å²) in [5, 5.41) is 0. The molecule has 0 spiro atoms. The molecule has 2 rings (SSSR count). The molecule has 2 N–H and O–H groups in total. The average Bonchev–Trinajstić information content (AvgIpc) is 2.41. The highest BCUT2D eigenvalue weighted by atomic mass is 16.5. The van der Waals surface area contributed by atoms with Gasteiger partial charge < -0.3 is 15.4 Å². The molecule has 0 aliphatic carbocycles. The first-order valence-corrected chi connectivity index (χ1v) is 6.90. The number of ether oxygens (including phenoxy) is 1. The Morgan fingerprint density at radius 1 is 1.33 bits per heavy atom. The topological polar surface area (TPSA) is 38.5 Å². The summed E-state index contributed by atoms with van der Waals surface area (Å²) in [6, 6.07) is 6.22. The van der Waals surface area contributed by atoms with E-state index in [1.54, 1.807) is 7.11 Å². The lowest BCUT2D eigenvalue weighted by Gasteiger charge is -2.32. The maximum atomic E-state index is 5.86. The number of methoxy groups -OCH3 is 1. The molecule has 1 aromatic rings. The molecule has 0 atom stereocenters.